The minimum absolute atomic E-state index is 0.0282. The average Bonchev–Trinajstić information content (AvgIpc) is 3.29. The number of hydrogen-bond acceptors (Lipinski definition) is 6. The summed E-state index contributed by atoms with van der Waals surface area (Å²) in [5, 5.41) is 0. The van der Waals surface area contributed by atoms with Crippen LogP contribution in [0.4, 0.5) is 4.39 Å². The highest BCUT2D eigenvalue weighted by atomic mass is 19.1. The smallest absolute Gasteiger partial charge is 0.305 e. The summed E-state index contributed by atoms with van der Waals surface area (Å²) in [6.45, 7) is 3.48. The van der Waals surface area contributed by atoms with Crippen molar-refractivity contribution in [3.63, 3.8) is 0 Å². The van der Waals surface area contributed by atoms with E-state index in [0.29, 0.717) is 24.7 Å². The van der Waals surface area contributed by atoms with Crippen LogP contribution in [0.3, 0.4) is 0 Å². The Morgan fingerprint density at radius 1 is 0.950 bits per heavy atom. The maximum Gasteiger partial charge on any atom is 0.305 e. The van der Waals surface area contributed by atoms with Crippen LogP contribution in [0, 0.1) is 17.8 Å². The second-order valence-corrected chi connectivity index (χ2v) is 12.1. The molecule has 2 aliphatic heterocycles. The summed E-state index contributed by atoms with van der Waals surface area (Å²) in [4.78, 5) is 11.4. The molecule has 7 atom stereocenters. The van der Waals surface area contributed by atoms with Crippen LogP contribution in [0.15, 0.2) is 12.2 Å². The molecule has 3 aliphatic rings. The fourth-order valence-electron chi connectivity index (χ4n) is 6.72. The van der Waals surface area contributed by atoms with Gasteiger partial charge >= 0.3 is 5.97 Å². The van der Waals surface area contributed by atoms with Crippen LogP contribution in [0.1, 0.15) is 122 Å². The molecule has 0 aromatic carbocycles. The topological polar surface area (TPSA) is 63.2 Å². The minimum Gasteiger partial charge on any atom is -0.469 e. The quantitative estimate of drug-likeness (QED) is 0.0892. The summed E-state index contributed by atoms with van der Waals surface area (Å²) < 4.78 is 43.5. The Morgan fingerprint density at radius 3 is 2.38 bits per heavy atom. The molecule has 6 nitrogen and oxygen atoms in total. The van der Waals surface area contributed by atoms with Gasteiger partial charge in [0.25, 0.3) is 0 Å². The van der Waals surface area contributed by atoms with Gasteiger partial charge in [0.15, 0.2) is 12.6 Å². The summed E-state index contributed by atoms with van der Waals surface area (Å²) in [6, 6.07) is 0. The highest BCUT2D eigenvalue weighted by Crippen LogP contribution is 2.45. The lowest BCUT2D eigenvalue weighted by Crippen LogP contribution is -2.31. The van der Waals surface area contributed by atoms with Gasteiger partial charge in [0.05, 0.1) is 26.0 Å². The summed E-state index contributed by atoms with van der Waals surface area (Å²) in [5.41, 5.74) is 0. The van der Waals surface area contributed by atoms with E-state index < -0.39 is 0 Å². The Morgan fingerprint density at radius 2 is 1.70 bits per heavy atom. The van der Waals surface area contributed by atoms with Gasteiger partial charge in [0.2, 0.25) is 0 Å². The number of methoxy groups -OCH3 is 1. The van der Waals surface area contributed by atoms with Crippen molar-refractivity contribution in [1.82, 2.24) is 0 Å². The number of unbranched alkanes of at least 4 members (excludes halogenated alkanes) is 5. The highest BCUT2D eigenvalue weighted by Gasteiger charge is 2.43. The Balaban J connectivity index is 1.68. The van der Waals surface area contributed by atoms with E-state index in [4.69, 9.17) is 23.7 Å². The van der Waals surface area contributed by atoms with E-state index in [1.807, 2.05) is 0 Å². The molecule has 40 heavy (non-hydrogen) atoms. The molecule has 0 spiro atoms. The van der Waals surface area contributed by atoms with Crippen molar-refractivity contribution < 1.29 is 32.9 Å². The fourth-order valence-corrected chi connectivity index (χ4v) is 6.72. The molecule has 0 aromatic heterocycles. The molecule has 232 valence electrons. The van der Waals surface area contributed by atoms with Crippen molar-refractivity contribution in [3.05, 3.63) is 12.2 Å². The third kappa shape index (κ3) is 12.1. The zero-order chi connectivity index (χ0) is 28.4. The molecular weight excluding hydrogens is 511 g/mol. The van der Waals surface area contributed by atoms with Gasteiger partial charge in [-0.05, 0) is 82.5 Å². The SMILES string of the molecule is CCCCCC(C=C[C@@H]1[C@@H](CCCCCCC(=O)OC)[C@@H](CCF)C[C@H]1OC1CCCCO1)OC1CCCCO1. The predicted octanol–water partition coefficient (Wildman–Crippen LogP) is 8.07. The van der Waals surface area contributed by atoms with Gasteiger partial charge in [-0.15, -0.1) is 0 Å². The zero-order valence-corrected chi connectivity index (χ0v) is 25.4. The van der Waals surface area contributed by atoms with Crippen molar-refractivity contribution >= 4 is 5.97 Å². The molecule has 2 heterocycles. The number of rotatable bonds is 19. The van der Waals surface area contributed by atoms with Crippen LogP contribution in [0.5, 0.6) is 0 Å². The Hall–Kier alpha value is -1.02. The highest BCUT2D eigenvalue weighted by molar-refractivity contribution is 5.68. The molecule has 0 radical (unpaired) electrons. The summed E-state index contributed by atoms with van der Waals surface area (Å²) in [7, 11) is 1.44. The van der Waals surface area contributed by atoms with Crippen molar-refractivity contribution in [3.8, 4) is 0 Å². The molecule has 0 N–H and O–H groups in total. The molecule has 7 heteroatoms. The number of hydrogen-bond donors (Lipinski definition) is 0. The van der Waals surface area contributed by atoms with Gasteiger partial charge < -0.3 is 23.7 Å². The van der Waals surface area contributed by atoms with Crippen LogP contribution in [-0.4, -0.2) is 57.8 Å². The molecule has 0 bridgehead atoms. The number of halogens is 1. The number of esters is 1. The first kappa shape index (κ1) is 33.5. The number of carbonyl (C=O) groups is 1. The molecule has 1 saturated carbocycles. The Bertz CT molecular complexity index is 690. The molecular formula is C33H57FO6. The molecule has 0 amide bonds. The van der Waals surface area contributed by atoms with Crippen molar-refractivity contribution in [1.29, 1.82) is 0 Å². The lowest BCUT2D eigenvalue weighted by Gasteiger charge is -2.30. The molecule has 2 saturated heterocycles. The normalized spacial score (nSPS) is 30.1. The first-order valence-electron chi connectivity index (χ1n) is 16.5. The standard InChI is InChI=1S/C33H57FO6/c1-3-4-7-14-27(39-32-17-10-12-23-37-32)19-20-29-28(15-8-5-6-9-16-31(35)36-2)26(21-22-34)25-30(29)40-33-18-11-13-24-38-33/h19-20,26-30,32-33H,3-18,21-25H2,1-2H3/t26-,27?,28-,29+,30+,32?,33?/m0/s1. The maximum atomic E-state index is 13.7. The van der Waals surface area contributed by atoms with Crippen molar-refractivity contribution in [2.45, 2.75) is 147 Å². The van der Waals surface area contributed by atoms with Crippen LogP contribution in [0.25, 0.3) is 0 Å². The number of ether oxygens (including phenoxy) is 5. The van der Waals surface area contributed by atoms with Crippen LogP contribution in [-0.2, 0) is 28.5 Å². The third-order valence-electron chi connectivity index (χ3n) is 9.01. The monoisotopic (exact) mass is 568 g/mol. The fraction of sp³-hybridized carbons (Fsp3) is 0.909. The van der Waals surface area contributed by atoms with Crippen LogP contribution in [0.2, 0.25) is 0 Å². The van der Waals surface area contributed by atoms with Crippen LogP contribution < -0.4 is 0 Å². The van der Waals surface area contributed by atoms with E-state index in [9.17, 15) is 9.18 Å². The predicted molar refractivity (Wildman–Crippen MR) is 156 cm³/mol. The largest absolute Gasteiger partial charge is 0.469 e. The molecule has 3 rings (SSSR count). The number of alkyl halides is 1. The first-order valence-corrected chi connectivity index (χ1v) is 16.5. The molecule has 3 unspecified atom stereocenters. The van der Waals surface area contributed by atoms with E-state index in [1.165, 1.54) is 20.0 Å². The molecule has 1 aliphatic carbocycles. The van der Waals surface area contributed by atoms with E-state index in [-0.39, 0.29) is 43.3 Å². The average molecular weight is 569 g/mol. The van der Waals surface area contributed by atoms with E-state index >= 15 is 0 Å². The first-order chi connectivity index (χ1) is 19.6. The summed E-state index contributed by atoms with van der Waals surface area (Å²) in [6.07, 6.45) is 22.4. The molecule has 0 aromatic rings. The van der Waals surface area contributed by atoms with Crippen LogP contribution >= 0.6 is 0 Å². The van der Waals surface area contributed by atoms with Gasteiger partial charge in [0, 0.05) is 25.6 Å². The van der Waals surface area contributed by atoms with Gasteiger partial charge in [-0.25, -0.2) is 0 Å². The lowest BCUT2D eigenvalue weighted by molar-refractivity contribution is -0.193. The van der Waals surface area contributed by atoms with E-state index in [2.05, 4.69) is 19.1 Å². The Labute approximate surface area is 243 Å². The van der Waals surface area contributed by atoms with E-state index in [0.717, 1.165) is 103 Å². The van der Waals surface area contributed by atoms with Gasteiger partial charge in [0.1, 0.15) is 0 Å². The van der Waals surface area contributed by atoms with Gasteiger partial charge in [-0.1, -0.05) is 57.6 Å². The van der Waals surface area contributed by atoms with Gasteiger partial charge in [-0.3, -0.25) is 9.18 Å². The van der Waals surface area contributed by atoms with E-state index in [1.54, 1.807) is 0 Å². The Kier molecular flexibility index (Phi) is 16.7. The lowest BCUT2D eigenvalue weighted by atomic mass is 9.82. The van der Waals surface area contributed by atoms with Crippen molar-refractivity contribution in [2.75, 3.05) is 27.0 Å². The second-order valence-electron chi connectivity index (χ2n) is 12.1. The second kappa shape index (κ2) is 20.0. The zero-order valence-electron chi connectivity index (χ0n) is 25.4. The van der Waals surface area contributed by atoms with Crippen molar-refractivity contribution in [2.24, 2.45) is 17.8 Å². The maximum absolute atomic E-state index is 13.7. The third-order valence-corrected chi connectivity index (χ3v) is 9.01. The summed E-state index contributed by atoms with van der Waals surface area (Å²) in [5.74, 6) is 0.776. The summed E-state index contributed by atoms with van der Waals surface area (Å²) >= 11 is 0. The molecule has 3 fully saturated rings. The minimum atomic E-state index is -0.287. The number of carbonyl (C=O) groups excluding carboxylic acids is 1. The van der Waals surface area contributed by atoms with Gasteiger partial charge in [-0.2, -0.15) is 0 Å².